The van der Waals surface area contributed by atoms with Crippen LogP contribution in [0.3, 0.4) is 0 Å². The Balaban J connectivity index is 2.38. The summed E-state index contributed by atoms with van der Waals surface area (Å²) >= 11 is 0. The van der Waals surface area contributed by atoms with Gasteiger partial charge in [0.15, 0.2) is 0 Å². The van der Waals surface area contributed by atoms with Crippen molar-refractivity contribution in [2.75, 3.05) is 0 Å². The number of hydrogen-bond acceptors (Lipinski definition) is 2. The van der Waals surface area contributed by atoms with Crippen LogP contribution in [0.5, 0.6) is 0 Å². The summed E-state index contributed by atoms with van der Waals surface area (Å²) in [6.07, 6.45) is 0. The van der Waals surface area contributed by atoms with Gasteiger partial charge in [-0.3, -0.25) is 0 Å². The summed E-state index contributed by atoms with van der Waals surface area (Å²) in [6.45, 7) is 1.98. The van der Waals surface area contributed by atoms with E-state index in [1.165, 1.54) is 0 Å². The summed E-state index contributed by atoms with van der Waals surface area (Å²) < 4.78 is 1.82. The first-order valence-corrected chi connectivity index (χ1v) is 5.75. The maximum Gasteiger partial charge on any atom is 0.111 e. The van der Waals surface area contributed by atoms with Crippen molar-refractivity contribution < 1.29 is 0 Å². The van der Waals surface area contributed by atoms with E-state index >= 15 is 0 Å². The molecule has 0 spiro atoms. The normalized spacial score (nSPS) is 10.4. The predicted octanol–water partition coefficient (Wildman–Crippen LogP) is 3.18. The Bertz CT molecular complexity index is 748. The van der Waals surface area contributed by atoms with Crippen molar-refractivity contribution in [2.45, 2.75) is 6.92 Å². The fraction of sp³-hybridized carbons (Fsp3) is 0.0667. The fourth-order valence-corrected chi connectivity index (χ4v) is 2.11. The quantitative estimate of drug-likeness (QED) is 0.647. The second kappa shape index (κ2) is 4.01. The van der Waals surface area contributed by atoms with Crippen LogP contribution >= 0.6 is 0 Å². The number of aromatic nitrogens is 2. The van der Waals surface area contributed by atoms with E-state index in [4.69, 9.17) is 0 Å². The molecule has 0 amide bonds. The molecule has 0 aliphatic heterocycles. The number of nitrogens with zero attached hydrogens (tertiary/aromatic N) is 3. The highest BCUT2D eigenvalue weighted by atomic mass is 15.2. The Morgan fingerprint density at radius 1 is 1.06 bits per heavy atom. The molecule has 0 aliphatic rings. The highest BCUT2D eigenvalue weighted by molar-refractivity contribution is 5.77. The number of nitriles is 1. The minimum absolute atomic E-state index is 0.630. The molecular formula is C15H11N3. The Morgan fingerprint density at radius 3 is 2.56 bits per heavy atom. The smallest absolute Gasteiger partial charge is 0.111 e. The van der Waals surface area contributed by atoms with E-state index in [0.29, 0.717) is 5.56 Å². The lowest BCUT2D eigenvalue weighted by molar-refractivity contribution is 0.918. The zero-order valence-corrected chi connectivity index (χ0v) is 9.96. The van der Waals surface area contributed by atoms with E-state index in [9.17, 15) is 5.26 Å². The largest absolute Gasteiger partial charge is 0.236 e. The molecule has 3 heteroatoms. The highest BCUT2D eigenvalue weighted by Gasteiger charge is 2.14. The van der Waals surface area contributed by atoms with Crippen molar-refractivity contribution >= 4 is 5.52 Å². The van der Waals surface area contributed by atoms with Gasteiger partial charge in [0.25, 0.3) is 0 Å². The van der Waals surface area contributed by atoms with Gasteiger partial charge in [0, 0.05) is 11.3 Å². The van der Waals surface area contributed by atoms with Gasteiger partial charge in [0.05, 0.1) is 5.52 Å². The predicted molar refractivity (Wildman–Crippen MR) is 70.1 cm³/mol. The molecule has 0 bridgehead atoms. The first kappa shape index (κ1) is 10.5. The lowest BCUT2D eigenvalue weighted by atomic mass is 10.1. The van der Waals surface area contributed by atoms with Crippen LogP contribution in [0.2, 0.25) is 0 Å². The zero-order valence-electron chi connectivity index (χ0n) is 9.96. The summed E-state index contributed by atoms with van der Waals surface area (Å²) in [5, 5.41) is 13.9. The van der Waals surface area contributed by atoms with Crippen molar-refractivity contribution in [1.29, 1.82) is 5.26 Å². The van der Waals surface area contributed by atoms with E-state index in [2.05, 4.69) is 11.2 Å². The molecule has 3 rings (SSSR count). The summed E-state index contributed by atoms with van der Waals surface area (Å²) in [6, 6.07) is 17.9. The van der Waals surface area contributed by atoms with E-state index in [1.54, 1.807) is 0 Å². The third-order valence-electron chi connectivity index (χ3n) is 3.01. The van der Waals surface area contributed by atoms with E-state index in [-0.39, 0.29) is 0 Å². The molecule has 0 N–H and O–H groups in total. The van der Waals surface area contributed by atoms with Crippen molar-refractivity contribution in [3.63, 3.8) is 0 Å². The first-order valence-electron chi connectivity index (χ1n) is 5.75. The molecule has 3 nitrogen and oxygen atoms in total. The van der Waals surface area contributed by atoms with Crippen molar-refractivity contribution in [3.05, 3.63) is 59.8 Å². The average Bonchev–Trinajstić information content (AvgIpc) is 2.80. The summed E-state index contributed by atoms with van der Waals surface area (Å²) in [5.74, 6) is 0. The van der Waals surface area contributed by atoms with Crippen LogP contribution in [-0.4, -0.2) is 9.61 Å². The van der Waals surface area contributed by atoms with Gasteiger partial charge in [0.2, 0.25) is 0 Å². The highest BCUT2D eigenvalue weighted by Crippen LogP contribution is 2.25. The zero-order chi connectivity index (χ0) is 12.5. The maximum absolute atomic E-state index is 9.35. The molecule has 0 radical (unpaired) electrons. The number of hydrogen-bond donors (Lipinski definition) is 0. The van der Waals surface area contributed by atoms with Crippen LogP contribution < -0.4 is 0 Å². The fourth-order valence-electron chi connectivity index (χ4n) is 2.11. The van der Waals surface area contributed by atoms with Gasteiger partial charge >= 0.3 is 0 Å². The Labute approximate surface area is 105 Å². The number of rotatable bonds is 1. The number of pyridine rings is 1. The van der Waals surface area contributed by atoms with Gasteiger partial charge in [-0.25, -0.2) is 4.52 Å². The minimum atomic E-state index is 0.630. The molecule has 0 aliphatic carbocycles. The number of aryl methyl sites for hydroxylation is 1. The number of fused-ring (bicyclic) bond motifs is 1. The monoisotopic (exact) mass is 233 g/mol. The van der Waals surface area contributed by atoms with Crippen molar-refractivity contribution in [3.8, 4) is 17.3 Å². The van der Waals surface area contributed by atoms with Crippen LogP contribution in [0.4, 0.5) is 0 Å². The van der Waals surface area contributed by atoms with Crippen LogP contribution in [0.25, 0.3) is 16.8 Å². The minimum Gasteiger partial charge on any atom is -0.236 e. The Kier molecular flexibility index (Phi) is 2.35. The van der Waals surface area contributed by atoms with Gasteiger partial charge in [-0.1, -0.05) is 36.4 Å². The Morgan fingerprint density at radius 2 is 1.83 bits per heavy atom. The molecule has 0 fully saturated rings. The third-order valence-corrected chi connectivity index (χ3v) is 3.01. The molecule has 18 heavy (non-hydrogen) atoms. The topological polar surface area (TPSA) is 41.1 Å². The van der Waals surface area contributed by atoms with Crippen LogP contribution in [0.1, 0.15) is 11.3 Å². The van der Waals surface area contributed by atoms with E-state index in [1.807, 2.05) is 60.0 Å². The van der Waals surface area contributed by atoms with Gasteiger partial charge in [-0.2, -0.15) is 10.4 Å². The Hall–Kier alpha value is -2.60. The third kappa shape index (κ3) is 1.47. The van der Waals surface area contributed by atoms with Gasteiger partial charge < -0.3 is 0 Å². The molecular weight excluding hydrogens is 222 g/mol. The second-order valence-electron chi connectivity index (χ2n) is 4.17. The SMILES string of the molecule is Cc1cccc2c(C#N)c(-c3ccccc3)nn12. The molecule has 0 saturated heterocycles. The molecule has 2 heterocycles. The summed E-state index contributed by atoms with van der Waals surface area (Å²) in [4.78, 5) is 0. The molecule has 2 aromatic heterocycles. The van der Waals surface area contributed by atoms with E-state index in [0.717, 1.165) is 22.5 Å². The van der Waals surface area contributed by atoms with E-state index < -0.39 is 0 Å². The van der Waals surface area contributed by atoms with Crippen molar-refractivity contribution in [1.82, 2.24) is 9.61 Å². The van der Waals surface area contributed by atoms with Gasteiger partial charge in [0.1, 0.15) is 17.3 Å². The standard InChI is InChI=1S/C15H11N3/c1-11-6-5-9-14-13(10-16)15(17-18(11)14)12-7-3-2-4-8-12/h2-9H,1H3. The molecule has 0 saturated carbocycles. The second-order valence-corrected chi connectivity index (χ2v) is 4.17. The molecule has 1 aromatic carbocycles. The van der Waals surface area contributed by atoms with Crippen LogP contribution in [0.15, 0.2) is 48.5 Å². The van der Waals surface area contributed by atoms with Gasteiger partial charge in [-0.05, 0) is 19.1 Å². The lowest BCUT2D eigenvalue weighted by Crippen LogP contribution is -1.91. The molecule has 3 aromatic rings. The molecule has 0 unspecified atom stereocenters. The van der Waals surface area contributed by atoms with Gasteiger partial charge in [-0.15, -0.1) is 0 Å². The summed E-state index contributed by atoms with van der Waals surface area (Å²) in [7, 11) is 0. The molecule has 0 atom stereocenters. The maximum atomic E-state index is 9.35. The van der Waals surface area contributed by atoms with Crippen LogP contribution in [0, 0.1) is 18.3 Å². The van der Waals surface area contributed by atoms with Crippen LogP contribution in [-0.2, 0) is 0 Å². The first-order chi connectivity index (χ1) is 8.81. The summed E-state index contributed by atoms with van der Waals surface area (Å²) in [5.41, 5.74) is 4.22. The lowest BCUT2D eigenvalue weighted by Gasteiger charge is -1.96. The average molecular weight is 233 g/mol. The molecule has 86 valence electrons. The number of benzene rings is 1. The van der Waals surface area contributed by atoms with Crippen molar-refractivity contribution in [2.24, 2.45) is 0 Å².